The minimum Gasteiger partial charge on any atom is -0.748 e. The molecular formula is C16H31N4O6S2+. The average molecular weight is 440 g/mol. The molecule has 10 nitrogen and oxygen atoms in total. The molecule has 0 aromatic rings. The van der Waals surface area contributed by atoms with Crippen LogP contribution in [0.4, 0.5) is 0 Å². The molecule has 0 spiro atoms. The van der Waals surface area contributed by atoms with Gasteiger partial charge in [-0.1, -0.05) is 0 Å². The van der Waals surface area contributed by atoms with Crippen molar-refractivity contribution in [3.63, 3.8) is 0 Å². The third-order valence-corrected chi connectivity index (χ3v) is 9.06. The molecule has 4 atom stereocenters. The number of hydrogen-bond acceptors (Lipinski definition) is 7. The molecule has 4 saturated heterocycles. The van der Waals surface area contributed by atoms with E-state index in [1.165, 1.54) is 0 Å². The van der Waals surface area contributed by atoms with Crippen LogP contribution in [0.25, 0.3) is 0 Å². The van der Waals surface area contributed by atoms with E-state index in [0.717, 1.165) is 67.9 Å². The molecule has 28 heavy (non-hydrogen) atoms. The molecular weight excluding hydrogens is 408 g/mol. The second-order valence-corrected chi connectivity index (χ2v) is 12.0. The van der Waals surface area contributed by atoms with Crippen molar-refractivity contribution in [2.45, 2.75) is 25.2 Å². The van der Waals surface area contributed by atoms with Crippen LogP contribution < -0.4 is 0 Å². The highest BCUT2D eigenvalue weighted by Crippen LogP contribution is 2.43. The SMILES string of the molecule is O=S(=O)([O-])CCC[N+]12CCN3CC[N+]4(CCCS(=O)(=O)O)CCN(CC1)C4C32. The molecule has 0 aliphatic carbocycles. The molecule has 4 heterocycles. The van der Waals surface area contributed by atoms with Crippen molar-refractivity contribution in [3.05, 3.63) is 0 Å². The minimum absolute atomic E-state index is 0.199. The Kier molecular flexibility index (Phi) is 5.32. The maximum atomic E-state index is 11.2. The molecule has 0 bridgehead atoms. The third-order valence-electron chi connectivity index (χ3n) is 7.47. The van der Waals surface area contributed by atoms with Crippen molar-refractivity contribution in [2.24, 2.45) is 0 Å². The van der Waals surface area contributed by atoms with Crippen LogP contribution in [0, 0.1) is 0 Å². The Hall–Kier alpha value is -0.340. The standard InChI is InChI=1S/C16H30N4O6S2/c21-27(22,23)13-1-7-19-9-3-17-6-12-20(8-2-14-28(24,25)26)10-4-18(5-11-19)16(20)15(17)19/h15-16H,1-14H2/p+1. The molecule has 1 N–H and O–H groups in total. The van der Waals surface area contributed by atoms with Crippen molar-refractivity contribution in [1.82, 2.24) is 9.80 Å². The number of rotatable bonds is 8. The molecule has 0 aromatic carbocycles. The highest BCUT2D eigenvalue weighted by atomic mass is 32.2. The minimum atomic E-state index is -4.19. The van der Waals surface area contributed by atoms with Crippen LogP contribution in [-0.2, 0) is 20.2 Å². The molecule has 4 aliphatic rings. The van der Waals surface area contributed by atoms with E-state index in [1.54, 1.807) is 0 Å². The number of nitrogens with zero attached hydrogens (tertiary/aromatic N) is 4. The second kappa shape index (κ2) is 7.12. The summed E-state index contributed by atoms with van der Waals surface area (Å²) in [6.45, 7) is 9.28. The number of piperazine rings is 2. The molecule has 4 aliphatic heterocycles. The molecule has 0 radical (unpaired) electrons. The first-order valence-corrected chi connectivity index (χ1v) is 13.3. The Morgan fingerprint density at radius 3 is 1.54 bits per heavy atom. The van der Waals surface area contributed by atoms with E-state index in [4.69, 9.17) is 4.55 Å². The normalized spacial score (nSPS) is 38.6. The van der Waals surface area contributed by atoms with Crippen molar-refractivity contribution >= 4 is 20.2 Å². The summed E-state index contributed by atoms with van der Waals surface area (Å²) in [7, 11) is -8.14. The highest BCUT2D eigenvalue weighted by Gasteiger charge is 2.66. The van der Waals surface area contributed by atoms with Crippen LogP contribution in [0.2, 0.25) is 0 Å². The predicted molar refractivity (Wildman–Crippen MR) is 101 cm³/mol. The van der Waals surface area contributed by atoms with Crippen LogP contribution in [-0.4, -0.2) is 134 Å². The van der Waals surface area contributed by atoms with Crippen molar-refractivity contribution < 1.29 is 34.9 Å². The summed E-state index contributed by atoms with van der Waals surface area (Å²) in [5.41, 5.74) is 0. The van der Waals surface area contributed by atoms with Gasteiger partial charge >= 0.3 is 0 Å². The van der Waals surface area contributed by atoms with E-state index in [9.17, 15) is 21.4 Å². The predicted octanol–water partition coefficient (Wildman–Crippen LogP) is -1.86. The van der Waals surface area contributed by atoms with E-state index in [1.807, 2.05) is 0 Å². The quantitative estimate of drug-likeness (QED) is 0.346. The van der Waals surface area contributed by atoms with Crippen LogP contribution in [0.15, 0.2) is 0 Å². The Morgan fingerprint density at radius 1 is 0.786 bits per heavy atom. The van der Waals surface area contributed by atoms with Gasteiger partial charge in [-0.25, -0.2) is 18.2 Å². The summed E-state index contributed by atoms with van der Waals surface area (Å²) < 4.78 is 66.4. The monoisotopic (exact) mass is 439 g/mol. The van der Waals surface area contributed by atoms with Gasteiger partial charge in [-0.2, -0.15) is 8.42 Å². The fourth-order valence-electron chi connectivity index (χ4n) is 6.28. The summed E-state index contributed by atoms with van der Waals surface area (Å²) in [6.07, 6.45) is 1.41. The highest BCUT2D eigenvalue weighted by molar-refractivity contribution is 7.85. The lowest BCUT2D eigenvalue weighted by Gasteiger charge is -2.56. The van der Waals surface area contributed by atoms with Crippen LogP contribution >= 0.6 is 0 Å². The van der Waals surface area contributed by atoms with Crippen molar-refractivity contribution in [3.8, 4) is 0 Å². The maximum absolute atomic E-state index is 11.2. The lowest BCUT2D eigenvalue weighted by molar-refractivity contribution is -1.03. The first-order chi connectivity index (χ1) is 13.0. The first kappa shape index (κ1) is 20.9. The summed E-state index contributed by atoms with van der Waals surface area (Å²) >= 11 is 0. The fourth-order valence-corrected chi connectivity index (χ4v) is 7.26. The number of hydrogen-bond donors (Lipinski definition) is 1. The van der Waals surface area contributed by atoms with Crippen LogP contribution in [0.5, 0.6) is 0 Å². The van der Waals surface area contributed by atoms with Gasteiger partial charge in [0.15, 0.2) is 0 Å². The molecule has 4 rings (SSSR count). The van der Waals surface area contributed by atoms with Gasteiger partial charge in [0.1, 0.15) is 0 Å². The van der Waals surface area contributed by atoms with E-state index in [-0.39, 0.29) is 23.8 Å². The third kappa shape index (κ3) is 3.85. The lowest BCUT2D eigenvalue weighted by atomic mass is 10.1. The lowest BCUT2D eigenvalue weighted by Crippen LogP contribution is -2.78. The first-order valence-electron chi connectivity index (χ1n) is 10.1. The van der Waals surface area contributed by atoms with Gasteiger partial charge in [-0.3, -0.25) is 4.55 Å². The van der Waals surface area contributed by atoms with E-state index in [0.29, 0.717) is 19.4 Å². The van der Waals surface area contributed by atoms with Crippen molar-refractivity contribution in [1.29, 1.82) is 0 Å². The molecule has 162 valence electrons. The Labute approximate surface area is 167 Å². The second-order valence-electron chi connectivity index (χ2n) is 8.93. The van der Waals surface area contributed by atoms with Gasteiger partial charge < -0.3 is 13.5 Å². The van der Waals surface area contributed by atoms with Gasteiger partial charge in [-0.15, -0.1) is 0 Å². The summed E-state index contributed by atoms with van der Waals surface area (Å²) in [5.74, 6) is -0.502. The van der Waals surface area contributed by atoms with Gasteiger partial charge in [0.25, 0.3) is 10.1 Å². The summed E-state index contributed by atoms with van der Waals surface area (Å²) in [4.78, 5) is 5.05. The van der Waals surface area contributed by atoms with E-state index < -0.39 is 20.2 Å². The Balaban J connectivity index is 1.54. The Bertz CT molecular complexity index is 753. The topological polar surface area (TPSA) is 118 Å². The number of quaternary nitrogens is 2. The fraction of sp³-hybridized carbons (Fsp3) is 1.00. The maximum Gasteiger partial charge on any atom is 0.265 e. The van der Waals surface area contributed by atoms with Crippen LogP contribution in [0.1, 0.15) is 12.8 Å². The van der Waals surface area contributed by atoms with Gasteiger partial charge in [0, 0.05) is 18.6 Å². The largest absolute Gasteiger partial charge is 0.748 e. The van der Waals surface area contributed by atoms with Gasteiger partial charge in [-0.05, 0) is 0 Å². The zero-order valence-corrected chi connectivity index (χ0v) is 17.8. The van der Waals surface area contributed by atoms with E-state index in [2.05, 4.69) is 9.80 Å². The molecule has 4 fully saturated rings. The van der Waals surface area contributed by atoms with Gasteiger partial charge in [0.05, 0.1) is 81.3 Å². The zero-order chi connectivity index (χ0) is 20.2. The van der Waals surface area contributed by atoms with Crippen molar-refractivity contribution in [2.75, 3.05) is 77.0 Å². The molecule has 12 heteroatoms. The average Bonchev–Trinajstić information content (AvgIpc) is 3.11. The molecule has 0 saturated carbocycles. The van der Waals surface area contributed by atoms with Crippen LogP contribution in [0.3, 0.4) is 0 Å². The molecule has 4 unspecified atom stereocenters. The molecule has 0 amide bonds. The molecule has 0 aromatic heterocycles. The smallest absolute Gasteiger partial charge is 0.265 e. The summed E-state index contributed by atoms with van der Waals surface area (Å²) in [6, 6.07) is 0. The summed E-state index contributed by atoms with van der Waals surface area (Å²) in [5, 5.41) is 0. The Morgan fingerprint density at radius 2 is 1.18 bits per heavy atom. The van der Waals surface area contributed by atoms with Gasteiger partial charge in [0.2, 0.25) is 12.3 Å². The zero-order valence-electron chi connectivity index (χ0n) is 16.1. The van der Waals surface area contributed by atoms with E-state index >= 15 is 0 Å².